The van der Waals surface area contributed by atoms with E-state index in [1.54, 1.807) is 0 Å². The van der Waals surface area contributed by atoms with Gasteiger partial charge in [-0.3, -0.25) is 0 Å². The van der Waals surface area contributed by atoms with Gasteiger partial charge in [0, 0.05) is 55.2 Å². The topological polar surface area (TPSA) is 53.6 Å². The molecule has 2 bridgehead atoms. The van der Waals surface area contributed by atoms with E-state index in [1.165, 1.54) is 22.3 Å². The van der Waals surface area contributed by atoms with Gasteiger partial charge in [-0.2, -0.15) is 0 Å². The number of carbonyl (C=O) groups excluding carboxylic acids is 1. The molecule has 174 valence electrons. The smallest absolute Gasteiger partial charge is 0.315 e. The first-order valence-corrected chi connectivity index (χ1v) is 12.8. The van der Waals surface area contributed by atoms with Crippen LogP contribution in [0.15, 0.2) is 42.5 Å². The molecule has 0 spiro atoms. The third kappa shape index (κ3) is 3.84. The Bertz CT molecular complexity index is 1050. The number of piperidine rings is 1. The Hall–Kier alpha value is -2.08. The van der Waals surface area contributed by atoms with Crippen LogP contribution in [0, 0.1) is 0 Å². The second-order valence-corrected chi connectivity index (χ2v) is 10.6. The lowest BCUT2D eigenvalue weighted by Crippen LogP contribution is -2.51. The van der Waals surface area contributed by atoms with Gasteiger partial charge in [-0.1, -0.05) is 41.9 Å². The van der Waals surface area contributed by atoms with Gasteiger partial charge < -0.3 is 20.3 Å². The summed E-state index contributed by atoms with van der Waals surface area (Å²) in [5.41, 5.74) is 5.88. The van der Waals surface area contributed by atoms with Gasteiger partial charge in [0.05, 0.1) is 6.10 Å². The van der Waals surface area contributed by atoms with Gasteiger partial charge in [0.25, 0.3) is 0 Å². The Morgan fingerprint density at radius 3 is 2.73 bits per heavy atom. The standard InChI is InChI=1S/C27H32ClN3O2/c28-18-7-8-22-23-15-27(25(22)14-18,24-6-2-1-5-21(23)24)17-31-11-9-19(10-12-31)30-26(32)29-16-20-4-3-13-33-20/h1-2,5-8,14,19-20,23H,3-4,9-13,15-17H2,(H2,29,30,32). The number of halogens is 1. The highest BCUT2D eigenvalue weighted by atomic mass is 35.5. The van der Waals surface area contributed by atoms with Gasteiger partial charge in [0.1, 0.15) is 0 Å². The summed E-state index contributed by atoms with van der Waals surface area (Å²) < 4.78 is 5.59. The fraction of sp³-hybridized carbons (Fsp3) is 0.519. The molecule has 3 atom stereocenters. The van der Waals surface area contributed by atoms with E-state index in [2.05, 4.69) is 51.9 Å². The third-order valence-electron chi connectivity index (χ3n) is 8.24. The molecule has 2 saturated heterocycles. The van der Waals surface area contributed by atoms with Crippen molar-refractivity contribution in [1.82, 2.24) is 15.5 Å². The molecule has 0 radical (unpaired) electrons. The van der Waals surface area contributed by atoms with Crippen molar-refractivity contribution in [3.63, 3.8) is 0 Å². The highest BCUT2D eigenvalue weighted by Crippen LogP contribution is 2.60. The molecule has 2 aromatic carbocycles. The molecule has 4 aliphatic rings. The maximum absolute atomic E-state index is 12.3. The second kappa shape index (κ2) is 8.61. The van der Waals surface area contributed by atoms with Gasteiger partial charge in [-0.25, -0.2) is 4.79 Å². The first-order chi connectivity index (χ1) is 16.1. The molecular weight excluding hydrogens is 434 g/mol. The predicted octanol–water partition coefficient (Wildman–Crippen LogP) is 4.42. The fourth-order valence-electron chi connectivity index (χ4n) is 6.68. The van der Waals surface area contributed by atoms with Crippen molar-refractivity contribution in [2.24, 2.45) is 0 Å². The Kier molecular flexibility index (Phi) is 5.60. The molecule has 2 aromatic rings. The van der Waals surface area contributed by atoms with Crippen molar-refractivity contribution < 1.29 is 9.53 Å². The Labute approximate surface area is 200 Å². The Balaban J connectivity index is 1.11. The first kappa shape index (κ1) is 21.5. The molecule has 2 amide bonds. The van der Waals surface area contributed by atoms with Crippen LogP contribution in [0.2, 0.25) is 5.02 Å². The molecular formula is C27H32ClN3O2. The van der Waals surface area contributed by atoms with E-state index in [-0.39, 0.29) is 23.6 Å². The molecule has 33 heavy (non-hydrogen) atoms. The lowest BCUT2D eigenvalue weighted by atomic mass is 9.74. The molecule has 3 unspecified atom stereocenters. The number of fused-ring (bicyclic) bond motifs is 8. The summed E-state index contributed by atoms with van der Waals surface area (Å²) in [6, 6.07) is 15.6. The van der Waals surface area contributed by atoms with Crippen LogP contribution in [-0.2, 0) is 10.2 Å². The summed E-state index contributed by atoms with van der Waals surface area (Å²) in [6.45, 7) is 4.44. The van der Waals surface area contributed by atoms with Crippen molar-refractivity contribution in [3.8, 4) is 0 Å². The lowest BCUT2D eigenvalue weighted by molar-refractivity contribution is 0.110. The Morgan fingerprint density at radius 1 is 1.09 bits per heavy atom. The maximum atomic E-state index is 12.3. The number of nitrogens with one attached hydrogen (secondary N) is 2. The van der Waals surface area contributed by atoms with Gasteiger partial charge in [0.15, 0.2) is 0 Å². The highest BCUT2D eigenvalue weighted by molar-refractivity contribution is 6.30. The van der Waals surface area contributed by atoms with Crippen LogP contribution in [0.4, 0.5) is 4.79 Å². The van der Waals surface area contributed by atoms with Crippen molar-refractivity contribution >= 4 is 17.6 Å². The zero-order chi connectivity index (χ0) is 22.4. The number of urea groups is 1. The van der Waals surface area contributed by atoms with Crippen molar-refractivity contribution in [3.05, 3.63) is 69.7 Å². The zero-order valence-electron chi connectivity index (χ0n) is 19.0. The van der Waals surface area contributed by atoms with Crippen LogP contribution >= 0.6 is 11.6 Å². The summed E-state index contributed by atoms with van der Waals surface area (Å²) in [5.74, 6) is 0.486. The molecule has 0 aromatic heterocycles. The molecule has 6 heteroatoms. The number of nitrogens with zero attached hydrogens (tertiary/aromatic N) is 1. The number of carbonyl (C=O) groups is 1. The minimum absolute atomic E-state index is 0.0282. The quantitative estimate of drug-likeness (QED) is 0.687. The van der Waals surface area contributed by atoms with Crippen LogP contribution in [-0.4, -0.2) is 55.9 Å². The van der Waals surface area contributed by atoms with Crippen molar-refractivity contribution in [2.75, 3.05) is 32.8 Å². The lowest BCUT2D eigenvalue weighted by Gasteiger charge is -2.40. The summed E-state index contributed by atoms with van der Waals surface area (Å²) in [5, 5.41) is 7.00. The largest absolute Gasteiger partial charge is 0.376 e. The van der Waals surface area contributed by atoms with E-state index in [1.807, 2.05) is 6.07 Å². The molecule has 2 aliphatic carbocycles. The zero-order valence-corrected chi connectivity index (χ0v) is 19.7. The van der Waals surface area contributed by atoms with E-state index in [4.69, 9.17) is 16.3 Å². The third-order valence-corrected chi connectivity index (χ3v) is 8.48. The average Bonchev–Trinajstić information content (AvgIpc) is 3.53. The van der Waals surface area contributed by atoms with Crippen molar-refractivity contribution in [1.29, 1.82) is 0 Å². The monoisotopic (exact) mass is 465 g/mol. The van der Waals surface area contributed by atoms with Crippen molar-refractivity contribution in [2.45, 2.75) is 55.6 Å². The molecule has 6 rings (SSSR count). The predicted molar refractivity (Wildman–Crippen MR) is 130 cm³/mol. The second-order valence-electron chi connectivity index (χ2n) is 10.2. The van der Waals surface area contributed by atoms with Crippen LogP contribution in [0.25, 0.3) is 0 Å². The maximum Gasteiger partial charge on any atom is 0.315 e. The molecule has 2 fully saturated rings. The number of likely N-dealkylation sites (tertiary alicyclic amines) is 1. The molecule has 2 aliphatic heterocycles. The van der Waals surface area contributed by atoms with Crippen LogP contribution < -0.4 is 10.6 Å². The first-order valence-electron chi connectivity index (χ1n) is 12.4. The van der Waals surface area contributed by atoms with Gasteiger partial charge in [-0.05, 0) is 66.5 Å². The molecule has 0 saturated carbocycles. The molecule has 5 nitrogen and oxygen atoms in total. The number of benzene rings is 2. The van der Waals surface area contributed by atoms with E-state index in [0.29, 0.717) is 12.5 Å². The Morgan fingerprint density at radius 2 is 1.91 bits per heavy atom. The molecule has 2 N–H and O–H groups in total. The van der Waals surface area contributed by atoms with Gasteiger partial charge in [-0.15, -0.1) is 0 Å². The van der Waals surface area contributed by atoms with E-state index < -0.39 is 0 Å². The normalized spacial score (nSPS) is 28.5. The number of hydrogen-bond acceptors (Lipinski definition) is 3. The summed E-state index contributed by atoms with van der Waals surface area (Å²) in [6.07, 6.45) is 5.42. The number of hydrogen-bond donors (Lipinski definition) is 2. The SMILES string of the molecule is O=C(NCC1CCCO1)NC1CCN(CC23CC(c4ccccc42)c2ccc(Cl)cc23)CC1. The van der Waals surface area contributed by atoms with E-state index >= 15 is 0 Å². The molecule has 2 heterocycles. The summed E-state index contributed by atoms with van der Waals surface area (Å²) in [7, 11) is 0. The van der Waals surface area contributed by atoms with Crippen LogP contribution in [0.3, 0.4) is 0 Å². The van der Waals surface area contributed by atoms with Gasteiger partial charge in [0.2, 0.25) is 0 Å². The van der Waals surface area contributed by atoms with Crippen LogP contribution in [0.1, 0.15) is 60.3 Å². The van der Waals surface area contributed by atoms with E-state index in [9.17, 15) is 4.79 Å². The number of rotatable bonds is 5. The number of amides is 2. The highest BCUT2D eigenvalue weighted by Gasteiger charge is 2.53. The minimum atomic E-state index is -0.0607. The number of ether oxygens (including phenoxy) is 1. The fourth-order valence-corrected chi connectivity index (χ4v) is 6.86. The van der Waals surface area contributed by atoms with Crippen LogP contribution in [0.5, 0.6) is 0 Å². The minimum Gasteiger partial charge on any atom is -0.376 e. The summed E-state index contributed by atoms with van der Waals surface area (Å²) >= 11 is 6.46. The van der Waals surface area contributed by atoms with E-state index in [0.717, 1.165) is 63.4 Å². The average molecular weight is 466 g/mol. The summed E-state index contributed by atoms with van der Waals surface area (Å²) in [4.78, 5) is 14.9. The van der Waals surface area contributed by atoms with Gasteiger partial charge >= 0.3 is 6.03 Å².